The smallest absolute Gasteiger partial charge is 0.229 e. The highest BCUT2D eigenvalue weighted by Gasteiger charge is 2.08. The Morgan fingerprint density at radius 1 is 1.09 bits per heavy atom. The molecule has 1 aromatic heterocycles. The van der Waals surface area contributed by atoms with Crippen molar-refractivity contribution in [1.29, 1.82) is 0 Å². The van der Waals surface area contributed by atoms with Crippen LogP contribution < -0.4 is 10.6 Å². The molecule has 3 aromatic rings. The van der Waals surface area contributed by atoms with Crippen LogP contribution in [0, 0.1) is 0 Å². The van der Waals surface area contributed by atoms with Crippen LogP contribution in [0.15, 0.2) is 48.5 Å². The van der Waals surface area contributed by atoms with E-state index < -0.39 is 6.10 Å². The maximum atomic E-state index is 9.70. The lowest BCUT2D eigenvalue weighted by Gasteiger charge is -2.12. The summed E-state index contributed by atoms with van der Waals surface area (Å²) in [6.45, 7) is 4.57. The number of nitrogens with one attached hydrogen (secondary N) is 2. The quantitative estimate of drug-likeness (QED) is 0.667. The third kappa shape index (κ3) is 3.40. The number of hydrogen-bond donors (Lipinski definition) is 3. The second kappa shape index (κ2) is 6.62. The van der Waals surface area contributed by atoms with Gasteiger partial charge >= 0.3 is 0 Å². The number of aliphatic hydroxyl groups is 1. The van der Waals surface area contributed by atoms with E-state index in [-0.39, 0.29) is 0 Å². The van der Waals surface area contributed by atoms with Crippen molar-refractivity contribution < 1.29 is 5.11 Å². The van der Waals surface area contributed by atoms with E-state index in [1.807, 2.05) is 55.5 Å². The Balaban J connectivity index is 1.98. The van der Waals surface area contributed by atoms with E-state index in [1.165, 1.54) is 0 Å². The lowest BCUT2D eigenvalue weighted by atomic mass is 10.1. The monoisotopic (exact) mass is 308 g/mol. The molecule has 0 bridgehead atoms. The lowest BCUT2D eigenvalue weighted by molar-refractivity contribution is 0.199. The number of nitrogens with zero attached hydrogens (tertiary/aromatic N) is 2. The summed E-state index contributed by atoms with van der Waals surface area (Å²) < 4.78 is 0. The molecule has 2 aromatic carbocycles. The van der Waals surface area contributed by atoms with E-state index in [1.54, 1.807) is 6.92 Å². The Hall–Kier alpha value is -2.66. The van der Waals surface area contributed by atoms with Gasteiger partial charge in [-0.2, -0.15) is 4.98 Å². The van der Waals surface area contributed by atoms with E-state index in [0.29, 0.717) is 5.95 Å². The van der Waals surface area contributed by atoms with Crippen LogP contribution >= 0.6 is 0 Å². The first-order valence-corrected chi connectivity index (χ1v) is 7.73. The highest BCUT2D eigenvalue weighted by Crippen LogP contribution is 2.24. The van der Waals surface area contributed by atoms with Crippen LogP contribution in [0.4, 0.5) is 17.5 Å². The fraction of sp³-hybridized carbons (Fsp3) is 0.222. The van der Waals surface area contributed by atoms with E-state index >= 15 is 0 Å². The summed E-state index contributed by atoms with van der Waals surface area (Å²) in [5.74, 6) is 1.34. The molecular weight excluding hydrogens is 288 g/mol. The van der Waals surface area contributed by atoms with Gasteiger partial charge in [0, 0.05) is 17.6 Å². The Labute approximate surface area is 135 Å². The summed E-state index contributed by atoms with van der Waals surface area (Å²) in [6, 6.07) is 15.5. The number of aromatic nitrogens is 2. The second-order valence-corrected chi connectivity index (χ2v) is 5.37. The average molecular weight is 308 g/mol. The molecule has 0 saturated carbocycles. The molecule has 0 fully saturated rings. The molecule has 1 heterocycles. The van der Waals surface area contributed by atoms with Crippen LogP contribution in [-0.4, -0.2) is 21.6 Å². The maximum absolute atomic E-state index is 9.70. The van der Waals surface area contributed by atoms with Crippen molar-refractivity contribution in [2.75, 3.05) is 17.2 Å². The third-order valence-electron chi connectivity index (χ3n) is 3.57. The SMILES string of the molecule is CCNc1nc(Nc2cccc([C@H](C)O)c2)nc2ccccc12. The highest BCUT2D eigenvalue weighted by atomic mass is 16.3. The predicted molar refractivity (Wildman–Crippen MR) is 94.1 cm³/mol. The average Bonchev–Trinajstić information content (AvgIpc) is 2.55. The highest BCUT2D eigenvalue weighted by molar-refractivity contribution is 5.90. The normalized spacial score (nSPS) is 12.1. The molecule has 3 rings (SSSR count). The molecule has 5 nitrogen and oxygen atoms in total. The molecule has 23 heavy (non-hydrogen) atoms. The molecule has 0 aliphatic carbocycles. The van der Waals surface area contributed by atoms with Gasteiger partial charge in [0.1, 0.15) is 5.82 Å². The number of hydrogen-bond acceptors (Lipinski definition) is 5. The zero-order valence-electron chi connectivity index (χ0n) is 13.2. The first-order chi connectivity index (χ1) is 11.2. The lowest BCUT2D eigenvalue weighted by Crippen LogP contribution is -2.05. The van der Waals surface area contributed by atoms with Gasteiger partial charge in [-0.15, -0.1) is 0 Å². The van der Waals surface area contributed by atoms with Crippen molar-refractivity contribution in [1.82, 2.24) is 9.97 Å². The minimum Gasteiger partial charge on any atom is -0.389 e. The van der Waals surface area contributed by atoms with E-state index in [9.17, 15) is 5.11 Å². The van der Waals surface area contributed by atoms with Crippen LogP contribution in [0.2, 0.25) is 0 Å². The molecule has 0 amide bonds. The molecule has 3 N–H and O–H groups in total. The van der Waals surface area contributed by atoms with Crippen LogP contribution in [0.1, 0.15) is 25.5 Å². The number of aliphatic hydroxyl groups excluding tert-OH is 1. The summed E-state index contributed by atoms with van der Waals surface area (Å²) in [5, 5.41) is 17.2. The van der Waals surface area contributed by atoms with Gasteiger partial charge in [0.25, 0.3) is 0 Å². The van der Waals surface area contributed by atoms with Crippen molar-refractivity contribution in [3.05, 3.63) is 54.1 Å². The fourth-order valence-corrected chi connectivity index (χ4v) is 2.44. The van der Waals surface area contributed by atoms with Gasteiger partial charge in [0.15, 0.2) is 0 Å². The summed E-state index contributed by atoms with van der Waals surface area (Å²) in [7, 11) is 0. The Kier molecular flexibility index (Phi) is 4.39. The Morgan fingerprint density at radius 3 is 2.70 bits per heavy atom. The molecular formula is C18H20N4O. The minimum atomic E-state index is -0.508. The summed E-state index contributed by atoms with van der Waals surface area (Å²) in [6.07, 6.45) is -0.508. The van der Waals surface area contributed by atoms with Crippen LogP contribution in [0.3, 0.4) is 0 Å². The van der Waals surface area contributed by atoms with E-state index in [0.717, 1.165) is 34.5 Å². The van der Waals surface area contributed by atoms with Crippen molar-refractivity contribution in [3.63, 3.8) is 0 Å². The standard InChI is InChI=1S/C18H20N4O/c1-3-19-17-15-9-4-5-10-16(15)21-18(22-17)20-14-8-6-7-13(11-14)12(2)23/h4-12,23H,3H2,1-2H3,(H2,19,20,21,22)/t12-/m0/s1. The van der Waals surface area contributed by atoms with Gasteiger partial charge < -0.3 is 15.7 Å². The van der Waals surface area contributed by atoms with Gasteiger partial charge in [-0.05, 0) is 43.7 Å². The molecule has 0 spiro atoms. The molecule has 0 aliphatic heterocycles. The van der Waals surface area contributed by atoms with Gasteiger partial charge in [-0.3, -0.25) is 0 Å². The van der Waals surface area contributed by atoms with Crippen molar-refractivity contribution >= 4 is 28.4 Å². The number of benzene rings is 2. The maximum Gasteiger partial charge on any atom is 0.229 e. The third-order valence-corrected chi connectivity index (χ3v) is 3.57. The molecule has 0 saturated heterocycles. The van der Waals surface area contributed by atoms with E-state index in [2.05, 4.69) is 20.6 Å². The van der Waals surface area contributed by atoms with Crippen LogP contribution in [0.25, 0.3) is 10.9 Å². The summed E-state index contributed by atoms with van der Waals surface area (Å²) in [4.78, 5) is 9.13. The topological polar surface area (TPSA) is 70.1 Å². The molecule has 5 heteroatoms. The zero-order chi connectivity index (χ0) is 16.2. The molecule has 0 radical (unpaired) electrons. The minimum absolute atomic E-state index is 0.508. The fourth-order valence-electron chi connectivity index (χ4n) is 2.44. The summed E-state index contributed by atoms with van der Waals surface area (Å²) >= 11 is 0. The van der Waals surface area contributed by atoms with Crippen LogP contribution in [-0.2, 0) is 0 Å². The molecule has 0 unspecified atom stereocenters. The summed E-state index contributed by atoms with van der Waals surface area (Å²) in [5.41, 5.74) is 2.58. The number of fused-ring (bicyclic) bond motifs is 1. The van der Waals surface area contributed by atoms with Gasteiger partial charge in [-0.1, -0.05) is 24.3 Å². The Bertz CT molecular complexity index is 817. The van der Waals surface area contributed by atoms with Crippen LogP contribution in [0.5, 0.6) is 0 Å². The van der Waals surface area contributed by atoms with Crippen molar-refractivity contribution in [2.45, 2.75) is 20.0 Å². The van der Waals surface area contributed by atoms with Crippen molar-refractivity contribution in [3.8, 4) is 0 Å². The Morgan fingerprint density at radius 2 is 1.91 bits per heavy atom. The van der Waals surface area contributed by atoms with Gasteiger partial charge in [-0.25, -0.2) is 4.98 Å². The number of anilines is 3. The van der Waals surface area contributed by atoms with Crippen molar-refractivity contribution in [2.24, 2.45) is 0 Å². The molecule has 118 valence electrons. The predicted octanol–water partition coefficient (Wildman–Crippen LogP) is 3.86. The molecule has 0 aliphatic rings. The second-order valence-electron chi connectivity index (χ2n) is 5.37. The first kappa shape index (κ1) is 15.2. The largest absolute Gasteiger partial charge is 0.389 e. The van der Waals surface area contributed by atoms with Gasteiger partial charge in [0.05, 0.1) is 11.6 Å². The number of para-hydroxylation sites is 1. The molecule has 1 atom stereocenters. The van der Waals surface area contributed by atoms with E-state index in [4.69, 9.17) is 0 Å². The van der Waals surface area contributed by atoms with Gasteiger partial charge in [0.2, 0.25) is 5.95 Å². The first-order valence-electron chi connectivity index (χ1n) is 7.73. The zero-order valence-corrected chi connectivity index (χ0v) is 13.2. The number of rotatable bonds is 5.